The van der Waals surface area contributed by atoms with Crippen LogP contribution < -0.4 is 9.47 Å². The number of fused-ring (bicyclic) bond motifs is 1. The molecule has 0 radical (unpaired) electrons. The van der Waals surface area contributed by atoms with Gasteiger partial charge in [-0.05, 0) is 23.8 Å². The van der Waals surface area contributed by atoms with Crippen molar-refractivity contribution in [3.63, 3.8) is 0 Å². The van der Waals surface area contributed by atoms with E-state index in [1.165, 1.54) is 6.08 Å². The van der Waals surface area contributed by atoms with E-state index in [0.717, 1.165) is 12.0 Å². The lowest BCUT2D eigenvalue weighted by Crippen LogP contribution is -2.49. The highest BCUT2D eigenvalue weighted by Gasteiger charge is 2.21. The Kier molecular flexibility index (Phi) is 5.48. The van der Waals surface area contributed by atoms with Crippen LogP contribution in [0.25, 0.3) is 6.08 Å². The summed E-state index contributed by atoms with van der Waals surface area (Å²) in [5.41, 5.74) is 0.782. The molecule has 0 unspecified atom stereocenters. The molecule has 1 aromatic rings. The molecule has 25 heavy (non-hydrogen) atoms. The highest BCUT2D eigenvalue weighted by Crippen LogP contribution is 2.38. The Bertz CT molecular complexity index is 697. The molecule has 1 saturated heterocycles. The van der Waals surface area contributed by atoms with Crippen LogP contribution in [0.15, 0.2) is 18.2 Å². The fourth-order valence-corrected chi connectivity index (χ4v) is 3.14. The number of nitrogens with zero attached hydrogens (tertiary/aromatic N) is 2. The van der Waals surface area contributed by atoms with Gasteiger partial charge in [0.25, 0.3) is 0 Å². The van der Waals surface area contributed by atoms with Crippen LogP contribution >= 0.6 is 11.6 Å². The summed E-state index contributed by atoms with van der Waals surface area (Å²) >= 11 is 6.26. The second-order valence-corrected chi connectivity index (χ2v) is 6.45. The smallest absolute Gasteiger partial charge is 0.246 e. The van der Waals surface area contributed by atoms with E-state index in [-0.39, 0.29) is 11.8 Å². The minimum atomic E-state index is -0.0774. The molecular formula is C18H21ClN2O4. The van der Waals surface area contributed by atoms with Crippen molar-refractivity contribution < 1.29 is 19.1 Å². The molecule has 2 aliphatic rings. The molecule has 0 aromatic heterocycles. The molecule has 6 nitrogen and oxygen atoms in total. The zero-order valence-corrected chi connectivity index (χ0v) is 14.9. The van der Waals surface area contributed by atoms with Crippen LogP contribution in [-0.2, 0) is 9.59 Å². The van der Waals surface area contributed by atoms with Gasteiger partial charge in [-0.25, -0.2) is 0 Å². The van der Waals surface area contributed by atoms with Gasteiger partial charge in [-0.15, -0.1) is 0 Å². The topological polar surface area (TPSA) is 59.1 Å². The first-order valence-corrected chi connectivity index (χ1v) is 8.74. The van der Waals surface area contributed by atoms with Crippen LogP contribution in [0.2, 0.25) is 5.02 Å². The minimum Gasteiger partial charge on any atom is -0.489 e. The van der Waals surface area contributed by atoms with E-state index < -0.39 is 0 Å². The van der Waals surface area contributed by atoms with E-state index in [9.17, 15) is 9.59 Å². The molecule has 2 heterocycles. The normalized spacial score (nSPS) is 17.5. The molecule has 0 aliphatic carbocycles. The molecule has 0 saturated carbocycles. The fraction of sp³-hybridized carbons (Fsp3) is 0.444. The minimum absolute atomic E-state index is 0.0458. The van der Waals surface area contributed by atoms with Crippen molar-refractivity contribution >= 4 is 29.5 Å². The largest absolute Gasteiger partial charge is 0.489 e. The van der Waals surface area contributed by atoms with E-state index in [0.29, 0.717) is 55.9 Å². The van der Waals surface area contributed by atoms with Crippen molar-refractivity contribution in [1.29, 1.82) is 0 Å². The Hall–Kier alpha value is -2.21. The molecule has 0 spiro atoms. The standard InChI is InChI=1S/C18H21ClN2O4/c1-13(22)20-5-7-21(8-6-20)17(23)4-3-14-11-15(19)18-16(12-14)24-9-2-10-25-18/h3-4,11-12H,2,5-10H2,1H3/b4-3+. The average molecular weight is 365 g/mol. The number of rotatable bonds is 2. The molecule has 1 fully saturated rings. The maximum Gasteiger partial charge on any atom is 0.246 e. The first kappa shape index (κ1) is 17.6. The van der Waals surface area contributed by atoms with E-state index >= 15 is 0 Å². The molecule has 1 aromatic carbocycles. The number of hydrogen-bond acceptors (Lipinski definition) is 4. The number of piperazine rings is 1. The van der Waals surface area contributed by atoms with Gasteiger partial charge in [0.1, 0.15) is 0 Å². The summed E-state index contributed by atoms with van der Waals surface area (Å²) in [6, 6.07) is 3.58. The fourth-order valence-electron chi connectivity index (χ4n) is 2.86. The molecule has 0 N–H and O–H groups in total. The predicted octanol–water partition coefficient (Wildman–Crippen LogP) is 2.21. The summed E-state index contributed by atoms with van der Waals surface area (Å²) in [6.45, 7) is 4.94. The number of carbonyl (C=O) groups excluding carboxylic acids is 2. The van der Waals surface area contributed by atoms with Gasteiger partial charge in [-0.3, -0.25) is 9.59 Å². The van der Waals surface area contributed by atoms with Gasteiger partial charge in [0, 0.05) is 45.6 Å². The number of amides is 2. The third-order valence-corrected chi connectivity index (χ3v) is 4.56. The van der Waals surface area contributed by atoms with Gasteiger partial charge in [0.15, 0.2) is 11.5 Å². The van der Waals surface area contributed by atoms with Crippen LogP contribution in [0, 0.1) is 0 Å². The van der Waals surface area contributed by atoms with Crippen molar-refractivity contribution in [2.75, 3.05) is 39.4 Å². The van der Waals surface area contributed by atoms with Gasteiger partial charge in [0.2, 0.25) is 11.8 Å². The molecule has 0 bridgehead atoms. The summed E-state index contributed by atoms with van der Waals surface area (Å²) < 4.78 is 11.2. The number of ether oxygens (including phenoxy) is 2. The summed E-state index contributed by atoms with van der Waals surface area (Å²) in [5, 5.41) is 0.474. The third-order valence-electron chi connectivity index (χ3n) is 4.28. The second-order valence-electron chi connectivity index (χ2n) is 6.05. The molecule has 2 aliphatic heterocycles. The Labute approximate surface area is 151 Å². The van der Waals surface area contributed by atoms with Crippen LogP contribution in [0.1, 0.15) is 18.9 Å². The SMILES string of the molecule is CC(=O)N1CCN(C(=O)/C=C/c2cc(Cl)c3c(c2)OCCCO3)CC1. The van der Waals surface area contributed by atoms with Crippen molar-refractivity contribution in [3.8, 4) is 11.5 Å². The Balaban J connectivity index is 1.66. The lowest BCUT2D eigenvalue weighted by atomic mass is 10.1. The van der Waals surface area contributed by atoms with Crippen molar-refractivity contribution in [2.45, 2.75) is 13.3 Å². The first-order chi connectivity index (χ1) is 12.0. The van der Waals surface area contributed by atoms with E-state index in [2.05, 4.69) is 0 Å². The van der Waals surface area contributed by atoms with E-state index in [1.807, 2.05) is 6.07 Å². The van der Waals surface area contributed by atoms with Gasteiger partial charge in [-0.2, -0.15) is 0 Å². The lowest BCUT2D eigenvalue weighted by molar-refractivity contribution is -0.135. The van der Waals surface area contributed by atoms with Gasteiger partial charge < -0.3 is 19.3 Å². The summed E-state index contributed by atoms with van der Waals surface area (Å²) in [5.74, 6) is 1.13. The van der Waals surface area contributed by atoms with Crippen LogP contribution in [0.3, 0.4) is 0 Å². The summed E-state index contributed by atoms with van der Waals surface area (Å²) in [6.07, 6.45) is 4.06. The van der Waals surface area contributed by atoms with E-state index in [1.54, 1.807) is 28.9 Å². The summed E-state index contributed by atoms with van der Waals surface area (Å²) in [7, 11) is 0. The maximum absolute atomic E-state index is 12.3. The zero-order chi connectivity index (χ0) is 17.8. The average Bonchev–Trinajstić information content (AvgIpc) is 2.85. The van der Waals surface area contributed by atoms with Gasteiger partial charge in [0.05, 0.1) is 18.2 Å². The zero-order valence-electron chi connectivity index (χ0n) is 14.2. The molecule has 0 atom stereocenters. The van der Waals surface area contributed by atoms with Crippen molar-refractivity contribution in [3.05, 3.63) is 28.8 Å². The molecular weight excluding hydrogens is 344 g/mol. The number of halogens is 1. The molecule has 2 amide bonds. The quantitative estimate of drug-likeness (QED) is 0.755. The Morgan fingerprint density at radius 3 is 2.48 bits per heavy atom. The van der Waals surface area contributed by atoms with Crippen LogP contribution in [0.5, 0.6) is 11.5 Å². The van der Waals surface area contributed by atoms with Gasteiger partial charge in [-0.1, -0.05) is 11.6 Å². The molecule has 7 heteroatoms. The number of benzene rings is 1. The Morgan fingerprint density at radius 1 is 1.08 bits per heavy atom. The van der Waals surface area contributed by atoms with Crippen molar-refractivity contribution in [2.24, 2.45) is 0 Å². The van der Waals surface area contributed by atoms with Gasteiger partial charge >= 0.3 is 0 Å². The second kappa shape index (κ2) is 7.78. The molecule has 134 valence electrons. The monoisotopic (exact) mass is 364 g/mol. The van der Waals surface area contributed by atoms with Crippen LogP contribution in [0.4, 0.5) is 0 Å². The highest BCUT2D eigenvalue weighted by atomic mass is 35.5. The summed E-state index contributed by atoms with van der Waals surface area (Å²) in [4.78, 5) is 27.1. The van der Waals surface area contributed by atoms with E-state index in [4.69, 9.17) is 21.1 Å². The number of hydrogen-bond donors (Lipinski definition) is 0. The maximum atomic E-state index is 12.3. The predicted molar refractivity (Wildman–Crippen MR) is 94.9 cm³/mol. The highest BCUT2D eigenvalue weighted by molar-refractivity contribution is 6.32. The molecule has 3 rings (SSSR count). The first-order valence-electron chi connectivity index (χ1n) is 8.36. The van der Waals surface area contributed by atoms with Crippen molar-refractivity contribution in [1.82, 2.24) is 9.80 Å². The lowest BCUT2D eigenvalue weighted by Gasteiger charge is -2.33. The number of carbonyl (C=O) groups is 2. The Morgan fingerprint density at radius 2 is 1.76 bits per heavy atom. The third kappa shape index (κ3) is 4.25. The van der Waals surface area contributed by atoms with Crippen LogP contribution in [-0.4, -0.2) is 61.0 Å².